The van der Waals surface area contributed by atoms with Crippen LogP contribution in [0.4, 0.5) is 0 Å². The van der Waals surface area contributed by atoms with E-state index in [1.165, 1.54) is 5.56 Å². The molecule has 1 aromatic carbocycles. The fourth-order valence-corrected chi connectivity index (χ4v) is 2.89. The van der Waals surface area contributed by atoms with Gasteiger partial charge in [-0.3, -0.25) is 4.79 Å². The standard InChI is InChI=1S/C16H22BrNO2/c1-11-7-8-18(10-15(11)19)16(20)12(2)9-13-3-5-14(17)6-4-13/h3-6,11-12,15,19H,7-10H2,1-2H3. The Bertz CT molecular complexity index is 460. The Morgan fingerprint density at radius 3 is 2.70 bits per heavy atom. The molecule has 1 saturated heterocycles. The second-order valence-corrected chi connectivity index (χ2v) is 6.76. The van der Waals surface area contributed by atoms with Crippen LogP contribution in [-0.2, 0) is 11.2 Å². The van der Waals surface area contributed by atoms with Crippen LogP contribution < -0.4 is 0 Å². The van der Waals surface area contributed by atoms with E-state index < -0.39 is 0 Å². The number of aliphatic hydroxyl groups is 1. The van der Waals surface area contributed by atoms with Gasteiger partial charge in [0.25, 0.3) is 0 Å². The molecule has 1 aromatic rings. The van der Waals surface area contributed by atoms with Crippen molar-refractivity contribution in [1.29, 1.82) is 0 Å². The maximum atomic E-state index is 12.4. The van der Waals surface area contributed by atoms with Crippen LogP contribution in [0.25, 0.3) is 0 Å². The number of β-amino-alcohol motifs (C(OH)–C–C–N with tert-alkyl or cyclic N) is 1. The molecule has 110 valence electrons. The predicted molar refractivity (Wildman–Crippen MR) is 83.4 cm³/mol. The molecule has 2 rings (SSSR count). The Labute approximate surface area is 129 Å². The molecule has 1 amide bonds. The molecule has 0 aliphatic carbocycles. The summed E-state index contributed by atoms with van der Waals surface area (Å²) in [6, 6.07) is 8.08. The minimum atomic E-state index is -0.382. The minimum absolute atomic E-state index is 0.0446. The number of carbonyl (C=O) groups is 1. The number of benzene rings is 1. The number of amides is 1. The summed E-state index contributed by atoms with van der Waals surface area (Å²) in [6.45, 7) is 5.25. The molecule has 3 unspecified atom stereocenters. The summed E-state index contributed by atoms with van der Waals surface area (Å²) in [5.41, 5.74) is 1.17. The van der Waals surface area contributed by atoms with Crippen LogP contribution in [0.5, 0.6) is 0 Å². The average molecular weight is 340 g/mol. The quantitative estimate of drug-likeness (QED) is 0.919. The Balaban J connectivity index is 1.93. The molecule has 0 saturated carbocycles. The third kappa shape index (κ3) is 3.83. The van der Waals surface area contributed by atoms with Gasteiger partial charge >= 0.3 is 0 Å². The zero-order chi connectivity index (χ0) is 14.7. The van der Waals surface area contributed by atoms with Gasteiger partial charge in [-0.05, 0) is 36.5 Å². The van der Waals surface area contributed by atoms with E-state index in [0.29, 0.717) is 12.5 Å². The number of hydrogen-bond acceptors (Lipinski definition) is 2. The molecule has 1 aliphatic heterocycles. The van der Waals surface area contributed by atoms with Crippen molar-refractivity contribution in [2.45, 2.75) is 32.8 Å². The van der Waals surface area contributed by atoms with Crippen molar-refractivity contribution in [2.75, 3.05) is 13.1 Å². The lowest BCUT2D eigenvalue weighted by molar-refractivity contribution is -0.139. The van der Waals surface area contributed by atoms with Crippen molar-refractivity contribution in [3.05, 3.63) is 34.3 Å². The van der Waals surface area contributed by atoms with E-state index in [1.54, 1.807) is 0 Å². The van der Waals surface area contributed by atoms with Crippen LogP contribution in [0.1, 0.15) is 25.8 Å². The molecule has 3 atom stereocenters. The molecular formula is C16H22BrNO2. The molecule has 4 heteroatoms. The monoisotopic (exact) mass is 339 g/mol. The molecular weight excluding hydrogens is 318 g/mol. The van der Waals surface area contributed by atoms with E-state index in [0.717, 1.165) is 23.9 Å². The third-order valence-corrected chi connectivity index (χ3v) is 4.64. The number of rotatable bonds is 3. The van der Waals surface area contributed by atoms with Crippen molar-refractivity contribution in [3.8, 4) is 0 Å². The number of aliphatic hydroxyl groups excluding tert-OH is 1. The lowest BCUT2D eigenvalue weighted by Crippen LogP contribution is -2.47. The van der Waals surface area contributed by atoms with Crippen LogP contribution >= 0.6 is 15.9 Å². The first kappa shape index (κ1) is 15.5. The second kappa shape index (κ2) is 6.72. The number of carbonyl (C=O) groups excluding carboxylic acids is 1. The Morgan fingerprint density at radius 1 is 1.45 bits per heavy atom. The Kier molecular flexibility index (Phi) is 5.22. The van der Waals surface area contributed by atoms with E-state index in [4.69, 9.17) is 0 Å². The molecule has 0 aromatic heterocycles. The first-order valence-electron chi connectivity index (χ1n) is 7.18. The van der Waals surface area contributed by atoms with Gasteiger partial charge in [0.1, 0.15) is 0 Å². The van der Waals surface area contributed by atoms with Gasteiger partial charge in [-0.1, -0.05) is 41.9 Å². The Morgan fingerprint density at radius 2 is 2.10 bits per heavy atom. The predicted octanol–water partition coefficient (Wildman–Crippen LogP) is 2.86. The summed E-state index contributed by atoms with van der Waals surface area (Å²) in [6.07, 6.45) is 1.25. The first-order chi connectivity index (χ1) is 9.47. The molecule has 1 heterocycles. The van der Waals surface area contributed by atoms with E-state index in [9.17, 15) is 9.90 Å². The SMILES string of the molecule is CC(Cc1ccc(Br)cc1)C(=O)N1CCC(C)C(O)C1. The lowest BCUT2D eigenvalue weighted by Gasteiger charge is -2.35. The smallest absolute Gasteiger partial charge is 0.225 e. The summed E-state index contributed by atoms with van der Waals surface area (Å²) < 4.78 is 1.05. The lowest BCUT2D eigenvalue weighted by atomic mass is 9.93. The van der Waals surface area contributed by atoms with Crippen LogP contribution in [0.2, 0.25) is 0 Å². The molecule has 20 heavy (non-hydrogen) atoms. The van der Waals surface area contributed by atoms with Gasteiger partial charge in [0.2, 0.25) is 5.91 Å². The zero-order valence-electron chi connectivity index (χ0n) is 12.1. The first-order valence-corrected chi connectivity index (χ1v) is 7.98. The van der Waals surface area contributed by atoms with E-state index in [1.807, 2.05) is 43.0 Å². The topological polar surface area (TPSA) is 40.5 Å². The number of likely N-dealkylation sites (tertiary alicyclic amines) is 1. The maximum absolute atomic E-state index is 12.4. The zero-order valence-corrected chi connectivity index (χ0v) is 13.6. The van der Waals surface area contributed by atoms with Crippen molar-refractivity contribution in [1.82, 2.24) is 4.90 Å². The number of halogens is 1. The number of hydrogen-bond donors (Lipinski definition) is 1. The van der Waals surface area contributed by atoms with Gasteiger partial charge in [0.15, 0.2) is 0 Å². The molecule has 0 bridgehead atoms. The highest BCUT2D eigenvalue weighted by molar-refractivity contribution is 9.10. The maximum Gasteiger partial charge on any atom is 0.225 e. The summed E-state index contributed by atoms with van der Waals surface area (Å²) in [5.74, 6) is 0.400. The van der Waals surface area contributed by atoms with Gasteiger partial charge in [0, 0.05) is 23.5 Å². The largest absolute Gasteiger partial charge is 0.391 e. The highest BCUT2D eigenvalue weighted by atomic mass is 79.9. The molecule has 3 nitrogen and oxygen atoms in total. The average Bonchev–Trinajstić information content (AvgIpc) is 2.43. The summed E-state index contributed by atoms with van der Waals surface area (Å²) >= 11 is 3.41. The van der Waals surface area contributed by atoms with Crippen LogP contribution in [0, 0.1) is 11.8 Å². The molecule has 1 N–H and O–H groups in total. The molecule has 0 spiro atoms. The van der Waals surface area contributed by atoms with Gasteiger partial charge in [-0.25, -0.2) is 0 Å². The number of nitrogens with zero attached hydrogens (tertiary/aromatic N) is 1. The molecule has 1 fully saturated rings. The summed E-state index contributed by atoms with van der Waals surface area (Å²) in [7, 11) is 0. The van der Waals surface area contributed by atoms with Crippen LogP contribution in [-0.4, -0.2) is 35.1 Å². The van der Waals surface area contributed by atoms with Crippen LogP contribution in [0.15, 0.2) is 28.7 Å². The van der Waals surface area contributed by atoms with E-state index in [2.05, 4.69) is 15.9 Å². The van der Waals surface area contributed by atoms with Crippen molar-refractivity contribution in [3.63, 3.8) is 0 Å². The number of piperidine rings is 1. The highest BCUT2D eigenvalue weighted by Crippen LogP contribution is 2.20. The summed E-state index contributed by atoms with van der Waals surface area (Å²) in [5, 5.41) is 9.90. The van der Waals surface area contributed by atoms with Crippen molar-refractivity contribution < 1.29 is 9.90 Å². The molecule has 0 radical (unpaired) electrons. The fourth-order valence-electron chi connectivity index (χ4n) is 2.62. The third-order valence-electron chi connectivity index (χ3n) is 4.11. The van der Waals surface area contributed by atoms with Crippen LogP contribution in [0.3, 0.4) is 0 Å². The Hall–Kier alpha value is -0.870. The van der Waals surface area contributed by atoms with E-state index in [-0.39, 0.29) is 17.9 Å². The van der Waals surface area contributed by atoms with Gasteiger partial charge < -0.3 is 10.0 Å². The van der Waals surface area contributed by atoms with Crippen molar-refractivity contribution in [2.24, 2.45) is 11.8 Å². The highest BCUT2D eigenvalue weighted by Gasteiger charge is 2.29. The molecule has 1 aliphatic rings. The van der Waals surface area contributed by atoms with Gasteiger partial charge in [-0.15, -0.1) is 0 Å². The van der Waals surface area contributed by atoms with Crippen molar-refractivity contribution >= 4 is 21.8 Å². The van der Waals surface area contributed by atoms with Gasteiger partial charge in [0.05, 0.1) is 6.10 Å². The minimum Gasteiger partial charge on any atom is -0.391 e. The second-order valence-electron chi connectivity index (χ2n) is 5.85. The summed E-state index contributed by atoms with van der Waals surface area (Å²) in [4.78, 5) is 14.2. The van der Waals surface area contributed by atoms with Gasteiger partial charge in [-0.2, -0.15) is 0 Å². The fraction of sp³-hybridized carbons (Fsp3) is 0.562. The van der Waals surface area contributed by atoms with E-state index >= 15 is 0 Å². The normalized spacial score (nSPS) is 24.5.